The molecule has 0 aliphatic carbocycles. The highest BCUT2D eigenvalue weighted by Crippen LogP contribution is 2.38. The summed E-state index contributed by atoms with van der Waals surface area (Å²) in [6, 6.07) is 21.7. The van der Waals surface area contributed by atoms with Crippen LogP contribution >= 0.6 is 0 Å². The fraction of sp³-hybridized carbons (Fsp3) is 0.552. The van der Waals surface area contributed by atoms with Gasteiger partial charge in [-0.2, -0.15) is 5.26 Å². The molecule has 2 aromatic carbocycles. The van der Waals surface area contributed by atoms with Crippen LogP contribution in [0.2, 0.25) is 0 Å². The third-order valence-electron chi connectivity index (χ3n) is 5.60. The molecule has 0 bridgehead atoms. The van der Waals surface area contributed by atoms with E-state index in [1.165, 1.54) is 24.0 Å². The average molecular weight is 422 g/mol. The molecule has 0 fully saturated rings. The summed E-state index contributed by atoms with van der Waals surface area (Å²) in [6.07, 6.45) is 4.97. The molecule has 2 heteroatoms. The van der Waals surface area contributed by atoms with Crippen LogP contribution in [0.4, 0.5) is 0 Å². The van der Waals surface area contributed by atoms with Crippen LogP contribution in [-0.4, -0.2) is 5.60 Å². The largest absolute Gasteiger partial charge is 0.488 e. The summed E-state index contributed by atoms with van der Waals surface area (Å²) < 4.78 is 6.01. The molecule has 0 saturated heterocycles. The second-order valence-electron chi connectivity index (χ2n) is 9.27. The number of hydrogen-bond acceptors (Lipinski definition) is 2. The van der Waals surface area contributed by atoms with Gasteiger partial charge in [0, 0.05) is 6.42 Å². The molecule has 2 nitrogen and oxygen atoms in total. The summed E-state index contributed by atoms with van der Waals surface area (Å²) >= 11 is 0. The van der Waals surface area contributed by atoms with Crippen LogP contribution in [0.3, 0.4) is 0 Å². The highest BCUT2D eigenvalue weighted by molar-refractivity contribution is 5.31. The lowest BCUT2D eigenvalue weighted by molar-refractivity contribution is 0.131. The van der Waals surface area contributed by atoms with Crippen LogP contribution in [0.5, 0.6) is 5.75 Å². The number of rotatable bonds is 10. The summed E-state index contributed by atoms with van der Waals surface area (Å²) in [7, 11) is 0. The Hall–Kier alpha value is -2.27. The van der Waals surface area contributed by atoms with Crippen molar-refractivity contribution in [3.8, 4) is 11.8 Å². The minimum absolute atomic E-state index is 0.187. The molecule has 2 aromatic rings. The lowest BCUT2D eigenvalue weighted by Crippen LogP contribution is -2.22. The van der Waals surface area contributed by atoms with Crippen LogP contribution < -0.4 is 4.74 Å². The predicted octanol–water partition coefficient (Wildman–Crippen LogP) is 8.89. The van der Waals surface area contributed by atoms with E-state index >= 15 is 0 Å². The Morgan fingerprint density at radius 2 is 1.45 bits per heavy atom. The first-order valence-electron chi connectivity index (χ1n) is 12.0. The van der Waals surface area contributed by atoms with Gasteiger partial charge in [0.05, 0.1) is 6.07 Å². The zero-order valence-electron chi connectivity index (χ0n) is 20.8. The quantitative estimate of drug-likeness (QED) is 0.383. The van der Waals surface area contributed by atoms with Crippen LogP contribution in [0.1, 0.15) is 104 Å². The Labute approximate surface area is 191 Å². The van der Waals surface area contributed by atoms with Gasteiger partial charge in [-0.15, -0.1) is 0 Å². The van der Waals surface area contributed by atoms with Crippen molar-refractivity contribution < 1.29 is 4.74 Å². The first-order valence-corrected chi connectivity index (χ1v) is 12.0. The Bertz CT molecular complexity index is 752. The smallest absolute Gasteiger partial charge is 0.120 e. The van der Waals surface area contributed by atoms with E-state index in [0.29, 0.717) is 24.2 Å². The minimum Gasteiger partial charge on any atom is -0.488 e. The second-order valence-corrected chi connectivity index (χ2v) is 9.27. The number of nitriles is 1. The highest BCUT2D eigenvalue weighted by atomic mass is 16.5. The Kier molecular flexibility index (Phi) is 12.0. The minimum atomic E-state index is -0.187. The van der Waals surface area contributed by atoms with E-state index in [4.69, 9.17) is 10.00 Å². The SMILES string of the molecule is CC.CCC(C)CC(CC(CCC#N)c1ccccc1)c1ccc(OC(C)(C)C)cc1. The van der Waals surface area contributed by atoms with Gasteiger partial charge in [0.15, 0.2) is 0 Å². The summed E-state index contributed by atoms with van der Waals surface area (Å²) in [4.78, 5) is 0. The standard InChI is InChI=1S/C27H37NO.C2H6/c1-6-21(2)19-25(23-14-16-26(17-15-23)29-27(3,4)5)20-24(13-10-18-28)22-11-8-7-9-12-22;1-2/h7-9,11-12,14-17,21,24-25H,6,10,13,19-20H2,1-5H3;1-2H3. The fourth-order valence-electron chi connectivity index (χ4n) is 3.91. The number of hydrogen-bond donors (Lipinski definition) is 0. The predicted molar refractivity (Wildman–Crippen MR) is 134 cm³/mol. The van der Waals surface area contributed by atoms with E-state index in [9.17, 15) is 0 Å². The van der Waals surface area contributed by atoms with Crippen molar-refractivity contribution in [3.05, 3.63) is 65.7 Å². The van der Waals surface area contributed by atoms with Crippen LogP contribution in [0.15, 0.2) is 54.6 Å². The maximum atomic E-state index is 9.16. The lowest BCUT2D eigenvalue weighted by Gasteiger charge is -2.27. The molecule has 0 saturated carbocycles. The van der Waals surface area contributed by atoms with E-state index < -0.39 is 0 Å². The molecule has 0 N–H and O–H groups in total. The highest BCUT2D eigenvalue weighted by Gasteiger charge is 2.22. The molecule has 3 atom stereocenters. The second kappa shape index (κ2) is 13.9. The lowest BCUT2D eigenvalue weighted by atomic mass is 9.78. The third kappa shape index (κ3) is 10.1. The summed E-state index contributed by atoms with van der Waals surface area (Å²) in [5.74, 6) is 2.50. The molecule has 170 valence electrons. The number of nitrogens with zero attached hydrogens (tertiary/aromatic N) is 1. The monoisotopic (exact) mass is 421 g/mol. The summed E-state index contributed by atoms with van der Waals surface area (Å²) in [5.41, 5.74) is 2.54. The maximum absolute atomic E-state index is 9.16. The first kappa shape index (κ1) is 26.8. The van der Waals surface area contributed by atoms with Crippen molar-refractivity contribution in [2.75, 3.05) is 0 Å². The molecule has 2 rings (SSSR count). The molecule has 0 aliphatic rings. The molecule has 0 spiro atoms. The normalized spacial score (nSPS) is 13.9. The van der Waals surface area contributed by atoms with Gasteiger partial charge >= 0.3 is 0 Å². The third-order valence-corrected chi connectivity index (χ3v) is 5.60. The van der Waals surface area contributed by atoms with Gasteiger partial charge in [-0.1, -0.05) is 76.6 Å². The zero-order valence-corrected chi connectivity index (χ0v) is 20.8. The van der Waals surface area contributed by atoms with Crippen molar-refractivity contribution >= 4 is 0 Å². The molecule has 0 heterocycles. The van der Waals surface area contributed by atoms with Gasteiger partial charge in [-0.05, 0) is 81.0 Å². The van der Waals surface area contributed by atoms with Crippen molar-refractivity contribution in [2.45, 2.75) is 98.0 Å². The first-order chi connectivity index (χ1) is 14.8. The summed E-state index contributed by atoms with van der Waals surface area (Å²) in [5, 5.41) is 9.16. The van der Waals surface area contributed by atoms with E-state index in [1.807, 2.05) is 13.8 Å². The molecule has 0 amide bonds. The molecular formula is C29H43NO. The van der Waals surface area contributed by atoms with Gasteiger partial charge in [0.1, 0.15) is 11.4 Å². The van der Waals surface area contributed by atoms with E-state index in [0.717, 1.165) is 18.6 Å². The van der Waals surface area contributed by atoms with Crippen molar-refractivity contribution in [3.63, 3.8) is 0 Å². The van der Waals surface area contributed by atoms with Gasteiger partial charge < -0.3 is 4.74 Å². The van der Waals surface area contributed by atoms with Gasteiger partial charge in [0.2, 0.25) is 0 Å². The fourth-order valence-corrected chi connectivity index (χ4v) is 3.91. The molecule has 0 aliphatic heterocycles. The summed E-state index contributed by atoms with van der Waals surface area (Å²) in [6.45, 7) is 14.8. The Balaban J connectivity index is 0.00000233. The van der Waals surface area contributed by atoms with E-state index in [-0.39, 0.29) is 5.60 Å². The van der Waals surface area contributed by atoms with Crippen LogP contribution in [-0.2, 0) is 0 Å². The van der Waals surface area contributed by atoms with E-state index in [2.05, 4.69) is 95.3 Å². The number of ether oxygens (including phenoxy) is 1. The van der Waals surface area contributed by atoms with Crippen LogP contribution in [0, 0.1) is 17.2 Å². The van der Waals surface area contributed by atoms with Crippen molar-refractivity contribution in [1.29, 1.82) is 5.26 Å². The zero-order chi connectivity index (χ0) is 23.3. The molecular weight excluding hydrogens is 378 g/mol. The van der Waals surface area contributed by atoms with Gasteiger partial charge in [-0.25, -0.2) is 0 Å². The van der Waals surface area contributed by atoms with Gasteiger partial charge in [0.25, 0.3) is 0 Å². The number of benzene rings is 2. The topological polar surface area (TPSA) is 33.0 Å². The molecule has 0 radical (unpaired) electrons. The van der Waals surface area contributed by atoms with E-state index in [1.54, 1.807) is 0 Å². The molecule has 0 aromatic heterocycles. The molecule has 31 heavy (non-hydrogen) atoms. The molecule has 3 unspecified atom stereocenters. The Morgan fingerprint density at radius 3 is 1.97 bits per heavy atom. The maximum Gasteiger partial charge on any atom is 0.120 e. The van der Waals surface area contributed by atoms with Gasteiger partial charge in [-0.3, -0.25) is 0 Å². The Morgan fingerprint density at radius 1 is 0.871 bits per heavy atom. The average Bonchev–Trinajstić information content (AvgIpc) is 2.77. The van der Waals surface area contributed by atoms with Crippen molar-refractivity contribution in [2.24, 2.45) is 5.92 Å². The van der Waals surface area contributed by atoms with Crippen LogP contribution in [0.25, 0.3) is 0 Å². The van der Waals surface area contributed by atoms with Crippen molar-refractivity contribution in [1.82, 2.24) is 0 Å².